The molecule has 0 bridgehead atoms. The molecule has 0 aliphatic rings. The van der Waals surface area contributed by atoms with Gasteiger partial charge in [-0.25, -0.2) is 4.98 Å². The van der Waals surface area contributed by atoms with E-state index < -0.39 is 5.91 Å². The summed E-state index contributed by atoms with van der Waals surface area (Å²) >= 11 is 0. The second-order valence-electron chi connectivity index (χ2n) is 6.55. The third-order valence-corrected chi connectivity index (χ3v) is 4.63. The molecule has 1 amide bonds. The molecule has 0 saturated carbocycles. The number of carbonyl (C=O) groups is 1. The highest BCUT2D eigenvalue weighted by atomic mass is 16.5. The zero-order chi connectivity index (χ0) is 20.4. The molecule has 4 aromatic rings. The van der Waals surface area contributed by atoms with Gasteiger partial charge in [0, 0.05) is 12.7 Å². The van der Waals surface area contributed by atoms with E-state index in [1.165, 1.54) is 7.11 Å². The van der Waals surface area contributed by atoms with Gasteiger partial charge in [0.2, 0.25) is 5.82 Å². The van der Waals surface area contributed by atoms with Crippen molar-refractivity contribution in [2.45, 2.75) is 13.5 Å². The molecule has 8 heteroatoms. The Hall–Kier alpha value is -3.94. The number of pyridine rings is 1. The average molecular weight is 388 g/mol. The van der Waals surface area contributed by atoms with Crippen LogP contribution in [0.2, 0.25) is 0 Å². The van der Waals surface area contributed by atoms with Crippen molar-refractivity contribution in [2.75, 3.05) is 12.4 Å². The predicted octanol–water partition coefficient (Wildman–Crippen LogP) is 2.82. The van der Waals surface area contributed by atoms with Crippen molar-refractivity contribution in [3.63, 3.8) is 0 Å². The Balaban J connectivity index is 1.77. The fourth-order valence-electron chi connectivity index (χ4n) is 3.27. The number of benzene rings is 1. The molecule has 4 rings (SSSR count). The molecule has 0 unspecified atom stereocenters. The summed E-state index contributed by atoms with van der Waals surface area (Å²) in [6, 6.07) is 15.3. The minimum atomic E-state index is -0.487. The molecule has 0 saturated heterocycles. The molecular formula is C21H20N6O2. The smallest absolute Gasteiger partial charge is 0.276 e. The number of rotatable bonds is 6. The predicted molar refractivity (Wildman–Crippen MR) is 110 cm³/mol. The summed E-state index contributed by atoms with van der Waals surface area (Å²) in [7, 11) is 1.52. The highest BCUT2D eigenvalue weighted by Crippen LogP contribution is 2.28. The van der Waals surface area contributed by atoms with Crippen molar-refractivity contribution in [1.82, 2.24) is 19.6 Å². The number of methoxy groups -OCH3 is 1. The number of amides is 1. The number of ether oxygens (including phenoxy) is 1. The summed E-state index contributed by atoms with van der Waals surface area (Å²) in [5.74, 6) is 0.724. The lowest BCUT2D eigenvalue weighted by Gasteiger charge is -2.11. The van der Waals surface area contributed by atoms with E-state index in [9.17, 15) is 4.79 Å². The van der Waals surface area contributed by atoms with Gasteiger partial charge in [0.15, 0.2) is 5.82 Å². The van der Waals surface area contributed by atoms with Crippen molar-refractivity contribution in [3.8, 4) is 17.4 Å². The maximum atomic E-state index is 11.8. The second-order valence-corrected chi connectivity index (χ2v) is 6.55. The van der Waals surface area contributed by atoms with Gasteiger partial charge in [0.25, 0.3) is 11.8 Å². The first-order chi connectivity index (χ1) is 14.1. The molecule has 1 aromatic carbocycles. The summed E-state index contributed by atoms with van der Waals surface area (Å²) < 4.78 is 7.15. The zero-order valence-corrected chi connectivity index (χ0v) is 16.1. The minimum Gasteiger partial charge on any atom is -0.477 e. The Bertz CT molecular complexity index is 1190. The Kier molecular flexibility index (Phi) is 4.82. The van der Waals surface area contributed by atoms with Gasteiger partial charge in [-0.3, -0.25) is 4.79 Å². The van der Waals surface area contributed by atoms with Crippen LogP contribution in [-0.4, -0.2) is 32.6 Å². The van der Waals surface area contributed by atoms with Crippen molar-refractivity contribution in [3.05, 3.63) is 71.4 Å². The Morgan fingerprint density at radius 3 is 2.69 bits per heavy atom. The Labute approximate surface area is 167 Å². The number of nitrogens with one attached hydrogen (secondary N) is 1. The maximum Gasteiger partial charge on any atom is 0.276 e. The molecule has 0 atom stereocenters. The molecule has 0 radical (unpaired) electrons. The van der Waals surface area contributed by atoms with E-state index in [1.807, 2.05) is 53.9 Å². The molecule has 3 heterocycles. The minimum absolute atomic E-state index is 0.307. The lowest BCUT2D eigenvalue weighted by molar-refractivity contribution is 0.100. The van der Waals surface area contributed by atoms with Gasteiger partial charge >= 0.3 is 0 Å². The van der Waals surface area contributed by atoms with Crippen LogP contribution in [0.1, 0.15) is 21.5 Å². The van der Waals surface area contributed by atoms with Crippen molar-refractivity contribution in [1.29, 1.82) is 0 Å². The first-order valence-electron chi connectivity index (χ1n) is 9.06. The molecule has 0 aliphatic carbocycles. The third kappa shape index (κ3) is 3.47. The van der Waals surface area contributed by atoms with Crippen LogP contribution in [0, 0.1) is 6.92 Å². The maximum absolute atomic E-state index is 11.8. The second kappa shape index (κ2) is 7.59. The summed E-state index contributed by atoms with van der Waals surface area (Å²) in [6.45, 7) is 2.49. The summed E-state index contributed by atoms with van der Waals surface area (Å²) in [5.41, 5.74) is 9.39. The van der Waals surface area contributed by atoms with Crippen LogP contribution >= 0.6 is 0 Å². The van der Waals surface area contributed by atoms with Gasteiger partial charge in [-0.15, -0.1) is 10.2 Å². The third-order valence-electron chi connectivity index (χ3n) is 4.63. The van der Waals surface area contributed by atoms with E-state index in [4.69, 9.17) is 10.5 Å². The number of primary amides is 1. The van der Waals surface area contributed by atoms with Crippen LogP contribution in [-0.2, 0) is 6.54 Å². The normalized spacial score (nSPS) is 10.8. The summed E-state index contributed by atoms with van der Waals surface area (Å²) in [4.78, 5) is 16.4. The highest BCUT2D eigenvalue weighted by Gasteiger charge is 2.18. The lowest BCUT2D eigenvalue weighted by atomic mass is 10.2. The zero-order valence-electron chi connectivity index (χ0n) is 16.1. The van der Waals surface area contributed by atoms with Crippen LogP contribution < -0.4 is 15.8 Å². The quantitative estimate of drug-likeness (QED) is 0.526. The molecule has 146 valence electrons. The number of nitrogens with two attached hydrogens (primary N) is 1. The van der Waals surface area contributed by atoms with Crippen LogP contribution in [0.3, 0.4) is 0 Å². The Morgan fingerprint density at radius 1 is 1.17 bits per heavy atom. The molecule has 29 heavy (non-hydrogen) atoms. The number of nitrogens with zero attached hydrogens (tertiary/aromatic N) is 4. The van der Waals surface area contributed by atoms with Gasteiger partial charge in [0.1, 0.15) is 0 Å². The van der Waals surface area contributed by atoms with E-state index in [0.717, 1.165) is 16.8 Å². The molecular weight excluding hydrogens is 368 g/mol. The number of aryl methyl sites for hydroxylation is 1. The Morgan fingerprint density at radius 2 is 1.97 bits per heavy atom. The number of anilines is 1. The van der Waals surface area contributed by atoms with Crippen molar-refractivity contribution >= 4 is 17.2 Å². The van der Waals surface area contributed by atoms with Crippen LogP contribution in [0.25, 0.3) is 17.0 Å². The van der Waals surface area contributed by atoms with Crippen LogP contribution in [0.4, 0.5) is 5.82 Å². The standard InChI is InChI=1S/C21H20N6O2/c1-13-11-16-15(18(22)28)9-6-10-27(16)17(13)19-24-20(21(29-2)26-25-19)23-12-14-7-4-3-5-8-14/h3-11H,12H2,1-2H3,(H2,22,28)(H,23,24,25). The number of fused-ring (bicyclic) bond motifs is 1. The van der Waals surface area contributed by atoms with E-state index in [1.54, 1.807) is 12.1 Å². The largest absolute Gasteiger partial charge is 0.477 e. The van der Waals surface area contributed by atoms with Gasteiger partial charge in [-0.05, 0) is 36.2 Å². The number of aromatic nitrogens is 4. The topological polar surface area (TPSA) is 107 Å². The number of hydrogen-bond acceptors (Lipinski definition) is 6. The summed E-state index contributed by atoms with van der Waals surface area (Å²) in [5, 5.41) is 11.7. The first-order valence-corrected chi connectivity index (χ1v) is 9.06. The lowest BCUT2D eigenvalue weighted by Crippen LogP contribution is -2.12. The van der Waals surface area contributed by atoms with Gasteiger partial charge in [-0.1, -0.05) is 30.3 Å². The molecule has 3 N–H and O–H groups in total. The average Bonchev–Trinajstić information content (AvgIpc) is 3.08. The number of carbonyl (C=O) groups excluding carboxylic acids is 1. The monoisotopic (exact) mass is 388 g/mol. The fraction of sp³-hybridized carbons (Fsp3) is 0.143. The molecule has 0 aliphatic heterocycles. The molecule has 8 nitrogen and oxygen atoms in total. The van der Waals surface area contributed by atoms with Crippen molar-refractivity contribution in [2.24, 2.45) is 5.73 Å². The van der Waals surface area contributed by atoms with Gasteiger partial charge in [0.05, 0.1) is 23.9 Å². The fourth-order valence-corrected chi connectivity index (χ4v) is 3.27. The number of hydrogen-bond donors (Lipinski definition) is 2. The summed E-state index contributed by atoms with van der Waals surface area (Å²) in [6.07, 6.45) is 1.84. The first kappa shape index (κ1) is 18.4. The SMILES string of the molecule is COc1nnc(-c2c(C)cc3c(C(N)=O)cccn23)nc1NCc1ccccc1. The van der Waals surface area contributed by atoms with E-state index >= 15 is 0 Å². The van der Waals surface area contributed by atoms with Gasteiger partial charge in [-0.2, -0.15) is 0 Å². The van der Waals surface area contributed by atoms with Crippen LogP contribution in [0.15, 0.2) is 54.7 Å². The molecule has 0 fully saturated rings. The highest BCUT2D eigenvalue weighted by molar-refractivity contribution is 6.00. The molecule has 0 spiro atoms. The van der Waals surface area contributed by atoms with E-state index in [0.29, 0.717) is 35.1 Å². The van der Waals surface area contributed by atoms with Crippen LogP contribution in [0.5, 0.6) is 5.88 Å². The van der Waals surface area contributed by atoms with Crippen molar-refractivity contribution < 1.29 is 9.53 Å². The van der Waals surface area contributed by atoms with E-state index in [-0.39, 0.29) is 0 Å². The van der Waals surface area contributed by atoms with Gasteiger partial charge < -0.3 is 20.2 Å². The van der Waals surface area contributed by atoms with E-state index in [2.05, 4.69) is 20.5 Å². The molecule has 3 aromatic heterocycles.